The molecule has 0 aliphatic carbocycles. The van der Waals surface area contributed by atoms with Gasteiger partial charge in [0.25, 0.3) is 0 Å². The van der Waals surface area contributed by atoms with Crippen LogP contribution in [-0.4, -0.2) is 37.6 Å². The summed E-state index contributed by atoms with van der Waals surface area (Å²) in [5.74, 6) is 2.13. The van der Waals surface area contributed by atoms with Crippen molar-refractivity contribution < 1.29 is 4.52 Å². The number of nitrogens with one attached hydrogen (secondary N) is 2. The van der Waals surface area contributed by atoms with E-state index in [1.165, 1.54) is 6.33 Å². The lowest BCUT2D eigenvalue weighted by Gasteiger charge is -2.09. The van der Waals surface area contributed by atoms with E-state index in [4.69, 9.17) is 4.52 Å². The van der Waals surface area contributed by atoms with Gasteiger partial charge in [0.15, 0.2) is 17.8 Å². The summed E-state index contributed by atoms with van der Waals surface area (Å²) in [6.45, 7) is 3.49. The van der Waals surface area contributed by atoms with Gasteiger partial charge in [-0.05, 0) is 6.92 Å². The molecular weight excluding hydrogens is 258 g/mol. The van der Waals surface area contributed by atoms with Crippen molar-refractivity contribution in [2.75, 3.05) is 23.7 Å². The fourth-order valence-electron chi connectivity index (χ4n) is 1.91. The van der Waals surface area contributed by atoms with Crippen LogP contribution in [0.5, 0.6) is 0 Å². The van der Waals surface area contributed by atoms with E-state index < -0.39 is 0 Å². The highest BCUT2D eigenvalue weighted by Crippen LogP contribution is 2.16. The highest BCUT2D eigenvalue weighted by Gasteiger charge is 2.07. The highest BCUT2D eigenvalue weighted by atomic mass is 16.5. The van der Waals surface area contributed by atoms with Crippen LogP contribution in [0.3, 0.4) is 0 Å². The topological polar surface area (TPSA) is 93.2 Å². The van der Waals surface area contributed by atoms with Gasteiger partial charge >= 0.3 is 0 Å². The molecule has 0 spiro atoms. The molecule has 0 unspecified atom stereocenters. The van der Waals surface area contributed by atoms with Crippen molar-refractivity contribution in [2.24, 2.45) is 0 Å². The molecule has 20 heavy (non-hydrogen) atoms. The molecule has 0 radical (unpaired) electrons. The van der Waals surface area contributed by atoms with Gasteiger partial charge in [-0.2, -0.15) is 4.98 Å². The maximum atomic E-state index is 4.95. The molecule has 0 aliphatic rings. The predicted molar refractivity (Wildman–Crippen MR) is 73.6 cm³/mol. The third kappa shape index (κ3) is 2.53. The second kappa shape index (κ2) is 5.55. The highest BCUT2D eigenvalue weighted by molar-refractivity contribution is 5.65. The van der Waals surface area contributed by atoms with E-state index in [1.807, 2.05) is 23.7 Å². The first kappa shape index (κ1) is 12.4. The van der Waals surface area contributed by atoms with Crippen LogP contribution in [-0.2, 0) is 6.42 Å². The van der Waals surface area contributed by atoms with E-state index in [1.54, 1.807) is 6.20 Å². The van der Waals surface area contributed by atoms with Crippen LogP contribution in [0.15, 0.2) is 29.4 Å². The van der Waals surface area contributed by atoms with Crippen LogP contribution >= 0.6 is 0 Å². The first-order valence-corrected chi connectivity index (χ1v) is 6.44. The molecule has 3 rings (SSSR count). The van der Waals surface area contributed by atoms with E-state index in [9.17, 15) is 0 Å². The summed E-state index contributed by atoms with van der Waals surface area (Å²) in [4.78, 5) is 12.8. The molecule has 0 aromatic carbocycles. The Kier molecular flexibility index (Phi) is 3.44. The molecule has 3 aromatic heterocycles. The Balaban J connectivity index is 1.76. The van der Waals surface area contributed by atoms with E-state index in [-0.39, 0.29) is 0 Å². The number of hydrogen-bond donors (Lipinski definition) is 2. The monoisotopic (exact) mass is 273 g/mol. The summed E-state index contributed by atoms with van der Waals surface area (Å²) in [6, 6.07) is 0. The van der Waals surface area contributed by atoms with Crippen molar-refractivity contribution in [3.8, 4) is 0 Å². The van der Waals surface area contributed by atoms with Crippen molar-refractivity contribution in [1.82, 2.24) is 24.5 Å². The molecule has 2 N–H and O–H groups in total. The molecule has 104 valence electrons. The lowest BCUT2D eigenvalue weighted by Crippen LogP contribution is -2.10. The molecule has 3 heterocycles. The van der Waals surface area contributed by atoms with E-state index in [0.717, 1.165) is 23.8 Å². The smallest absolute Gasteiger partial charge is 0.228 e. The second-order valence-corrected chi connectivity index (χ2v) is 4.17. The maximum absolute atomic E-state index is 4.95. The van der Waals surface area contributed by atoms with E-state index >= 15 is 0 Å². The molecule has 8 nitrogen and oxygen atoms in total. The molecule has 0 aliphatic heterocycles. The predicted octanol–water partition coefficient (Wildman–Crippen LogP) is 1.20. The van der Waals surface area contributed by atoms with Gasteiger partial charge in [-0.15, -0.1) is 0 Å². The van der Waals surface area contributed by atoms with Gasteiger partial charge in [0, 0.05) is 31.9 Å². The second-order valence-electron chi connectivity index (χ2n) is 4.17. The maximum Gasteiger partial charge on any atom is 0.228 e. The number of rotatable bonds is 6. The summed E-state index contributed by atoms with van der Waals surface area (Å²) < 4.78 is 6.88. The van der Waals surface area contributed by atoms with Crippen molar-refractivity contribution in [3.05, 3.63) is 30.8 Å². The van der Waals surface area contributed by atoms with Crippen molar-refractivity contribution in [1.29, 1.82) is 0 Å². The van der Waals surface area contributed by atoms with Crippen LogP contribution in [0.25, 0.3) is 5.65 Å². The number of imidazole rings is 1. The Hall–Kier alpha value is -2.64. The third-order valence-corrected chi connectivity index (χ3v) is 2.77. The standard InChI is InChI=1S/C12H15N7O/c1-2-13-9-7-19-6-5-15-12(19)11(18-9)14-4-3-10-16-8-17-20-10/h5-8,13H,2-4H2,1H3,(H,14,18). The lowest BCUT2D eigenvalue weighted by atomic mass is 10.4. The molecular formula is C12H15N7O. The van der Waals surface area contributed by atoms with Gasteiger partial charge in [-0.3, -0.25) is 0 Å². The zero-order chi connectivity index (χ0) is 13.8. The van der Waals surface area contributed by atoms with Gasteiger partial charge in [-0.25, -0.2) is 9.97 Å². The molecule has 8 heteroatoms. The van der Waals surface area contributed by atoms with Crippen LogP contribution < -0.4 is 10.6 Å². The normalized spacial score (nSPS) is 10.8. The summed E-state index contributed by atoms with van der Waals surface area (Å²) in [7, 11) is 0. The molecule has 0 saturated heterocycles. The quantitative estimate of drug-likeness (QED) is 0.697. The number of nitrogens with zero attached hydrogens (tertiary/aromatic N) is 5. The summed E-state index contributed by atoms with van der Waals surface area (Å²) in [6.07, 6.45) is 7.58. The zero-order valence-corrected chi connectivity index (χ0v) is 11.1. The number of aromatic nitrogens is 5. The van der Waals surface area contributed by atoms with Gasteiger partial charge in [0.1, 0.15) is 5.82 Å². The van der Waals surface area contributed by atoms with Crippen LogP contribution in [0.4, 0.5) is 11.6 Å². The lowest BCUT2D eigenvalue weighted by molar-refractivity contribution is 0.379. The average Bonchev–Trinajstić information content (AvgIpc) is 3.09. The SMILES string of the molecule is CCNc1cn2ccnc2c(NCCc2ncno2)n1. The Morgan fingerprint density at radius 3 is 3.05 bits per heavy atom. The fourth-order valence-corrected chi connectivity index (χ4v) is 1.91. The van der Waals surface area contributed by atoms with Crippen LogP contribution in [0.1, 0.15) is 12.8 Å². The van der Waals surface area contributed by atoms with Crippen molar-refractivity contribution in [3.63, 3.8) is 0 Å². The zero-order valence-electron chi connectivity index (χ0n) is 11.1. The summed E-state index contributed by atoms with van der Waals surface area (Å²) in [5.41, 5.74) is 0.789. The van der Waals surface area contributed by atoms with Crippen molar-refractivity contribution >= 4 is 17.3 Å². The van der Waals surface area contributed by atoms with E-state index in [2.05, 4.69) is 30.7 Å². The number of hydrogen-bond acceptors (Lipinski definition) is 7. The summed E-state index contributed by atoms with van der Waals surface area (Å²) >= 11 is 0. The molecule has 3 aromatic rings. The van der Waals surface area contributed by atoms with Gasteiger partial charge in [-0.1, -0.05) is 5.16 Å². The van der Waals surface area contributed by atoms with Gasteiger partial charge in [0.05, 0.1) is 6.20 Å². The van der Waals surface area contributed by atoms with Gasteiger partial charge < -0.3 is 19.6 Å². The fraction of sp³-hybridized carbons (Fsp3) is 0.333. The third-order valence-electron chi connectivity index (χ3n) is 2.77. The number of fused-ring (bicyclic) bond motifs is 1. The molecule has 0 fully saturated rings. The molecule has 0 amide bonds. The molecule has 0 atom stereocenters. The van der Waals surface area contributed by atoms with E-state index in [0.29, 0.717) is 18.9 Å². The Bertz CT molecular complexity index is 676. The number of anilines is 2. The molecule has 0 bridgehead atoms. The molecule has 0 saturated carbocycles. The first-order chi connectivity index (χ1) is 9.86. The minimum absolute atomic E-state index is 0.597. The first-order valence-electron chi connectivity index (χ1n) is 6.44. The average molecular weight is 273 g/mol. The van der Waals surface area contributed by atoms with Crippen LogP contribution in [0, 0.1) is 0 Å². The van der Waals surface area contributed by atoms with Crippen LogP contribution in [0.2, 0.25) is 0 Å². The summed E-state index contributed by atoms with van der Waals surface area (Å²) in [5, 5.41) is 10.0. The Morgan fingerprint density at radius 2 is 2.25 bits per heavy atom. The Labute approximate surface area is 115 Å². The minimum atomic E-state index is 0.597. The largest absolute Gasteiger partial charge is 0.369 e. The minimum Gasteiger partial charge on any atom is -0.369 e. The van der Waals surface area contributed by atoms with Gasteiger partial charge in [0.2, 0.25) is 5.89 Å². The van der Waals surface area contributed by atoms with Crippen molar-refractivity contribution in [2.45, 2.75) is 13.3 Å². The Morgan fingerprint density at radius 1 is 1.30 bits per heavy atom.